The van der Waals surface area contributed by atoms with E-state index in [1.54, 1.807) is 6.92 Å². The van der Waals surface area contributed by atoms with Crippen LogP contribution in [-0.4, -0.2) is 50.9 Å². The predicted molar refractivity (Wildman–Crippen MR) is 116 cm³/mol. The summed E-state index contributed by atoms with van der Waals surface area (Å²) < 4.78 is 2.07. The minimum absolute atomic E-state index is 0.133. The molecule has 0 aliphatic carbocycles. The first-order valence-corrected chi connectivity index (χ1v) is 10.7. The number of urea groups is 1. The van der Waals surface area contributed by atoms with Crippen LogP contribution in [-0.2, 0) is 23.1 Å². The Morgan fingerprint density at radius 2 is 1.97 bits per heavy atom. The number of hydrazine groups is 1. The number of rotatable bonds is 7. The van der Waals surface area contributed by atoms with Crippen LogP contribution in [0.15, 0.2) is 48.7 Å². The Morgan fingerprint density at radius 1 is 1.19 bits per heavy atom. The smallest absolute Gasteiger partial charge is 0.344 e. The molecule has 2 aromatic rings. The summed E-state index contributed by atoms with van der Waals surface area (Å²) in [5.41, 5.74) is 3.73. The molecule has 8 heteroatoms. The zero-order chi connectivity index (χ0) is 22.0. The van der Waals surface area contributed by atoms with Crippen molar-refractivity contribution in [1.82, 2.24) is 25.2 Å². The third-order valence-electron chi connectivity index (χ3n) is 6.29. The van der Waals surface area contributed by atoms with E-state index in [9.17, 15) is 14.4 Å². The first-order valence-electron chi connectivity index (χ1n) is 10.7. The van der Waals surface area contributed by atoms with Gasteiger partial charge in [-0.2, -0.15) is 5.01 Å². The van der Waals surface area contributed by atoms with E-state index >= 15 is 0 Å². The second-order valence-electron chi connectivity index (χ2n) is 8.60. The monoisotopic (exact) mass is 423 g/mol. The van der Waals surface area contributed by atoms with Gasteiger partial charge >= 0.3 is 6.03 Å². The molecular formula is C23H29N5O3. The molecule has 2 fully saturated rings. The SMILES string of the molecule is Cn1cccc1C1CCCN1CC(=O)NN1C(=O)NC(C)(CCc2ccccc2)C1=O. The molecule has 164 valence electrons. The molecule has 2 aliphatic heterocycles. The van der Waals surface area contributed by atoms with Gasteiger partial charge in [0.1, 0.15) is 5.54 Å². The number of hydrogen-bond acceptors (Lipinski definition) is 4. The number of benzene rings is 1. The molecular weight excluding hydrogens is 394 g/mol. The summed E-state index contributed by atoms with van der Waals surface area (Å²) in [5, 5.41) is 3.58. The van der Waals surface area contributed by atoms with Gasteiger partial charge in [-0.25, -0.2) is 4.79 Å². The average Bonchev–Trinajstić information content (AvgIpc) is 3.43. The second-order valence-corrected chi connectivity index (χ2v) is 8.60. The highest BCUT2D eigenvalue weighted by atomic mass is 16.2. The number of aromatic nitrogens is 1. The summed E-state index contributed by atoms with van der Waals surface area (Å²) in [6.45, 7) is 2.64. The molecule has 1 aromatic carbocycles. The molecule has 0 spiro atoms. The van der Waals surface area contributed by atoms with Crippen LogP contribution in [0.1, 0.15) is 43.5 Å². The van der Waals surface area contributed by atoms with Gasteiger partial charge in [0.05, 0.1) is 12.6 Å². The fourth-order valence-electron chi connectivity index (χ4n) is 4.51. The number of nitrogens with zero attached hydrogens (tertiary/aromatic N) is 3. The molecule has 1 aromatic heterocycles. The Kier molecular flexibility index (Phi) is 5.82. The fraction of sp³-hybridized carbons (Fsp3) is 0.435. The lowest BCUT2D eigenvalue weighted by atomic mass is 9.93. The Balaban J connectivity index is 1.36. The molecule has 31 heavy (non-hydrogen) atoms. The lowest BCUT2D eigenvalue weighted by molar-refractivity contribution is -0.139. The Hall–Kier alpha value is -3.13. The molecule has 0 bridgehead atoms. The van der Waals surface area contributed by atoms with Crippen molar-refractivity contribution < 1.29 is 14.4 Å². The van der Waals surface area contributed by atoms with Gasteiger partial charge in [-0.3, -0.25) is 19.9 Å². The number of hydrogen-bond donors (Lipinski definition) is 2. The standard InChI is InChI=1S/C23H29N5O3/c1-23(13-12-17-8-4-3-5-9-17)21(30)28(22(31)24-23)25-20(29)16-27-15-7-11-19(27)18-10-6-14-26(18)2/h3-6,8-10,14,19H,7,11-13,15-16H2,1-2H3,(H,24,31)(H,25,29). The summed E-state index contributed by atoms with van der Waals surface area (Å²) in [6.07, 6.45) is 5.08. The van der Waals surface area contributed by atoms with Crippen LogP contribution >= 0.6 is 0 Å². The molecule has 8 nitrogen and oxygen atoms in total. The number of imide groups is 1. The number of likely N-dealkylation sites (tertiary alicyclic amines) is 1. The normalized spacial score (nSPS) is 23.9. The van der Waals surface area contributed by atoms with Crippen molar-refractivity contribution in [2.75, 3.05) is 13.1 Å². The third-order valence-corrected chi connectivity index (χ3v) is 6.29. The molecule has 2 atom stereocenters. The van der Waals surface area contributed by atoms with Gasteiger partial charge in [0.15, 0.2) is 0 Å². The van der Waals surface area contributed by atoms with Gasteiger partial charge in [0, 0.05) is 18.9 Å². The third kappa shape index (κ3) is 4.34. The summed E-state index contributed by atoms with van der Waals surface area (Å²) in [4.78, 5) is 40.2. The minimum atomic E-state index is -1.04. The molecule has 3 heterocycles. The van der Waals surface area contributed by atoms with E-state index in [0.717, 1.165) is 35.7 Å². The molecule has 4 rings (SSSR count). The summed E-state index contributed by atoms with van der Waals surface area (Å²) in [7, 11) is 2.00. The minimum Gasteiger partial charge on any atom is -0.353 e. The zero-order valence-corrected chi connectivity index (χ0v) is 18.0. The molecule has 0 radical (unpaired) electrons. The van der Waals surface area contributed by atoms with Crippen molar-refractivity contribution in [3.05, 3.63) is 59.9 Å². The highest BCUT2D eigenvalue weighted by Crippen LogP contribution is 2.31. The number of aryl methyl sites for hydroxylation is 2. The lowest BCUT2D eigenvalue weighted by Crippen LogP contribution is -2.51. The van der Waals surface area contributed by atoms with Crippen molar-refractivity contribution in [1.29, 1.82) is 0 Å². The van der Waals surface area contributed by atoms with Crippen LogP contribution in [0.5, 0.6) is 0 Å². The van der Waals surface area contributed by atoms with Gasteiger partial charge in [-0.15, -0.1) is 0 Å². The Morgan fingerprint density at radius 3 is 2.68 bits per heavy atom. The van der Waals surface area contributed by atoms with E-state index < -0.39 is 17.5 Å². The summed E-state index contributed by atoms with van der Waals surface area (Å²) >= 11 is 0. The van der Waals surface area contributed by atoms with Gasteiger partial charge < -0.3 is 9.88 Å². The van der Waals surface area contributed by atoms with Crippen molar-refractivity contribution in [2.45, 2.75) is 44.2 Å². The average molecular weight is 424 g/mol. The number of amides is 4. The van der Waals surface area contributed by atoms with Crippen molar-refractivity contribution >= 4 is 17.8 Å². The zero-order valence-electron chi connectivity index (χ0n) is 18.0. The van der Waals surface area contributed by atoms with Crippen molar-refractivity contribution in [2.24, 2.45) is 7.05 Å². The number of carbonyl (C=O) groups excluding carboxylic acids is 3. The molecule has 0 saturated carbocycles. The first-order chi connectivity index (χ1) is 14.9. The second kappa shape index (κ2) is 8.55. The van der Waals surface area contributed by atoms with Crippen LogP contribution < -0.4 is 10.7 Å². The molecule has 2 unspecified atom stereocenters. The maximum Gasteiger partial charge on any atom is 0.344 e. The van der Waals surface area contributed by atoms with E-state index in [4.69, 9.17) is 0 Å². The van der Waals surface area contributed by atoms with Crippen LogP contribution in [0, 0.1) is 0 Å². The van der Waals surface area contributed by atoms with Crippen LogP contribution in [0.4, 0.5) is 4.79 Å². The lowest BCUT2D eigenvalue weighted by Gasteiger charge is -2.25. The first kappa shape index (κ1) is 21.1. The van der Waals surface area contributed by atoms with Gasteiger partial charge in [-0.1, -0.05) is 30.3 Å². The van der Waals surface area contributed by atoms with Crippen molar-refractivity contribution in [3.8, 4) is 0 Å². The van der Waals surface area contributed by atoms with Crippen LogP contribution in [0.2, 0.25) is 0 Å². The summed E-state index contributed by atoms with van der Waals surface area (Å²) in [5.74, 6) is -0.792. The van der Waals surface area contributed by atoms with E-state index in [1.807, 2.05) is 49.6 Å². The Bertz CT molecular complexity index is 973. The maximum absolute atomic E-state index is 12.9. The molecule has 2 saturated heterocycles. The predicted octanol–water partition coefficient (Wildman–Crippen LogP) is 2.14. The van der Waals surface area contributed by atoms with Gasteiger partial charge in [0.2, 0.25) is 0 Å². The van der Waals surface area contributed by atoms with Gasteiger partial charge in [0.25, 0.3) is 11.8 Å². The quantitative estimate of drug-likeness (QED) is 0.668. The highest BCUT2D eigenvalue weighted by molar-refractivity contribution is 6.07. The van der Waals surface area contributed by atoms with Gasteiger partial charge in [-0.05, 0) is 56.8 Å². The van der Waals surface area contributed by atoms with E-state index in [1.165, 1.54) is 0 Å². The molecule has 4 amide bonds. The molecule has 2 aliphatic rings. The van der Waals surface area contributed by atoms with E-state index in [0.29, 0.717) is 12.8 Å². The number of nitrogens with one attached hydrogen (secondary N) is 2. The van der Waals surface area contributed by atoms with E-state index in [-0.39, 0.29) is 18.5 Å². The van der Waals surface area contributed by atoms with E-state index in [2.05, 4.69) is 26.3 Å². The number of carbonyl (C=O) groups is 3. The fourth-order valence-corrected chi connectivity index (χ4v) is 4.51. The highest BCUT2D eigenvalue weighted by Gasteiger charge is 2.48. The Labute approximate surface area is 182 Å². The summed E-state index contributed by atoms with van der Waals surface area (Å²) in [6, 6.07) is 13.4. The largest absolute Gasteiger partial charge is 0.353 e. The van der Waals surface area contributed by atoms with Crippen molar-refractivity contribution in [3.63, 3.8) is 0 Å². The van der Waals surface area contributed by atoms with Crippen LogP contribution in [0.25, 0.3) is 0 Å². The maximum atomic E-state index is 12.9. The topological polar surface area (TPSA) is 86.7 Å². The molecule has 2 N–H and O–H groups in total. The van der Waals surface area contributed by atoms with Crippen LogP contribution in [0.3, 0.4) is 0 Å².